The van der Waals surface area contributed by atoms with Crippen LogP contribution in [0.1, 0.15) is 49.4 Å². The third-order valence-electron chi connectivity index (χ3n) is 4.20. The van der Waals surface area contributed by atoms with Crippen molar-refractivity contribution in [3.63, 3.8) is 0 Å². The predicted molar refractivity (Wildman–Crippen MR) is 85.1 cm³/mol. The summed E-state index contributed by atoms with van der Waals surface area (Å²) in [4.78, 5) is 23.2. The fraction of sp³-hybridized carbons (Fsp3) is 0.500. The van der Waals surface area contributed by atoms with Crippen LogP contribution in [0, 0.1) is 0 Å². The van der Waals surface area contributed by atoms with Crippen molar-refractivity contribution in [3.05, 3.63) is 29.8 Å². The van der Waals surface area contributed by atoms with Crippen LogP contribution < -0.4 is 5.32 Å². The molecule has 0 unspecified atom stereocenters. The number of nitrogens with one attached hydrogen (secondary N) is 1. The minimum atomic E-state index is -3.35. The van der Waals surface area contributed by atoms with Crippen LogP contribution in [-0.4, -0.2) is 36.7 Å². The number of aliphatic carboxylic acids is 1. The van der Waals surface area contributed by atoms with Crippen molar-refractivity contribution in [1.29, 1.82) is 0 Å². The Morgan fingerprint density at radius 2 is 1.78 bits per heavy atom. The highest BCUT2D eigenvalue weighted by atomic mass is 32.2. The van der Waals surface area contributed by atoms with Gasteiger partial charge in [-0.3, -0.25) is 4.79 Å². The molecule has 2 rings (SSSR count). The molecule has 1 aromatic rings. The molecular formula is C16H21NO5S. The smallest absolute Gasteiger partial charge is 0.326 e. The molecular weight excluding hydrogens is 318 g/mol. The molecule has 1 aliphatic rings. The second-order valence-electron chi connectivity index (χ2n) is 5.75. The molecule has 23 heavy (non-hydrogen) atoms. The van der Waals surface area contributed by atoms with Gasteiger partial charge in [-0.25, -0.2) is 13.2 Å². The van der Waals surface area contributed by atoms with Crippen LogP contribution in [0.4, 0.5) is 0 Å². The third kappa shape index (κ3) is 3.90. The van der Waals surface area contributed by atoms with Gasteiger partial charge in [0, 0.05) is 5.56 Å². The normalized spacial score (nSPS) is 16.9. The quantitative estimate of drug-likeness (QED) is 0.825. The molecule has 2 N–H and O–H groups in total. The minimum absolute atomic E-state index is 0.214. The van der Waals surface area contributed by atoms with Crippen molar-refractivity contribution in [3.8, 4) is 0 Å². The van der Waals surface area contributed by atoms with Gasteiger partial charge in [0.2, 0.25) is 0 Å². The molecule has 0 saturated heterocycles. The second-order valence-corrected chi connectivity index (χ2v) is 7.98. The van der Waals surface area contributed by atoms with E-state index < -0.39 is 27.8 Å². The maximum Gasteiger partial charge on any atom is 0.326 e. The van der Waals surface area contributed by atoms with Gasteiger partial charge in [-0.1, -0.05) is 19.8 Å². The van der Waals surface area contributed by atoms with Crippen molar-refractivity contribution < 1.29 is 23.1 Å². The molecule has 7 heteroatoms. The molecule has 0 heterocycles. The summed E-state index contributed by atoms with van der Waals surface area (Å²) in [5.41, 5.74) is 0.245. The summed E-state index contributed by atoms with van der Waals surface area (Å²) in [6.45, 7) is 1.66. The van der Waals surface area contributed by atoms with Crippen LogP contribution in [0.3, 0.4) is 0 Å². The lowest BCUT2D eigenvalue weighted by Crippen LogP contribution is -2.40. The molecule has 0 spiro atoms. The molecule has 1 aromatic carbocycles. The number of amides is 1. The van der Waals surface area contributed by atoms with Crippen LogP contribution in [0.5, 0.6) is 0 Å². The van der Waals surface area contributed by atoms with Gasteiger partial charge in [0.25, 0.3) is 5.91 Å². The lowest BCUT2D eigenvalue weighted by molar-refractivity contribution is -0.139. The van der Waals surface area contributed by atoms with Crippen LogP contribution in [0.2, 0.25) is 0 Å². The first kappa shape index (κ1) is 17.5. The molecule has 126 valence electrons. The number of carboxylic acids is 1. The predicted octanol–water partition coefficient (Wildman–Crippen LogP) is 2.00. The Morgan fingerprint density at radius 1 is 1.22 bits per heavy atom. The zero-order valence-electron chi connectivity index (χ0n) is 13.0. The van der Waals surface area contributed by atoms with Crippen molar-refractivity contribution in [2.24, 2.45) is 0 Å². The summed E-state index contributed by atoms with van der Waals surface area (Å²) in [6, 6.07) is 4.73. The van der Waals surface area contributed by atoms with Crippen LogP contribution in [0.15, 0.2) is 29.2 Å². The molecule has 1 atom stereocenters. The summed E-state index contributed by atoms with van der Waals surface area (Å²) in [7, 11) is -3.35. The maximum atomic E-state index is 12.5. The topological polar surface area (TPSA) is 101 Å². The first-order valence-electron chi connectivity index (χ1n) is 7.74. The van der Waals surface area contributed by atoms with Gasteiger partial charge in [-0.15, -0.1) is 0 Å². The average Bonchev–Trinajstić information content (AvgIpc) is 3.07. The lowest BCUT2D eigenvalue weighted by atomic mass is 10.1. The molecule has 1 fully saturated rings. The minimum Gasteiger partial charge on any atom is -0.480 e. The van der Waals surface area contributed by atoms with Gasteiger partial charge in [0.1, 0.15) is 6.04 Å². The van der Waals surface area contributed by atoms with E-state index in [9.17, 15) is 18.0 Å². The summed E-state index contributed by atoms with van der Waals surface area (Å²) in [6.07, 6.45) is 3.49. The fourth-order valence-corrected chi connectivity index (χ4v) is 4.62. The fourth-order valence-electron chi connectivity index (χ4n) is 2.77. The van der Waals surface area contributed by atoms with Crippen molar-refractivity contribution in [2.45, 2.75) is 55.2 Å². The highest BCUT2D eigenvalue weighted by Crippen LogP contribution is 2.29. The molecule has 0 bridgehead atoms. The van der Waals surface area contributed by atoms with E-state index in [0.717, 1.165) is 12.8 Å². The average molecular weight is 339 g/mol. The van der Waals surface area contributed by atoms with E-state index in [2.05, 4.69) is 5.32 Å². The van der Waals surface area contributed by atoms with E-state index in [1.807, 2.05) is 0 Å². The summed E-state index contributed by atoms with van der Waals surface area (Å²) in [5.74, 6) is -1.62. The largest absolute Gasteiger partial charge is 0.480 e. The Bertz CT molecular complexity index is 675. The maximum absolute atomic E-state index is 12.5. The van der Waals surface area contributed by atoms with E-state index in [1.54, 1.807) is 6.92 Å². The highest BCUT2D eigenvalue weighted by molar-refractivity contribution is 7.92. The van der Waals surface area contributed by atoms with Crippen LogP contribution in [-0.2, 0) is 14.6 Å². The van der Waals surface area contributed by atoms with E-state index in [1.165, 1.54) is 24.3 Å². The zero-order valence-corrected chi connectivity index (χ0v) is 13.8. The van der Waals surface area contributed by atoms with E-state index in [-0.39, 0.29) is 22.1 Å². The number of benzene rings is 1. The summed E-state index contributed by atoms with van der Waals surface area (Å²) < 4.78 is 24.9. The number of hydrogen-bond donors (Lipinski definition) is 2. The Hall–Kier alpha value is -1.89. The Kier molecular flexibility index (Phi) is 5.41. The van der Waals surface area contributed by atoms with Gasteiger partial charge in [-0.05, 0) is 43.5 Å². The van der Waals surface area contributed by atoms with Gasteiger partial charge in [0.15, 0.2) is 9.84 Å². The Labute approximate surface area is 135 Å². The van der Waals surface area contributed by atoms with E-state index in [4.69, 9.17) is 5.11 Å². The van der Waals surface area contributed by atoms with Crippen LogP contribution in [0.25, 0.3) is 0 Å². The van der Waals surface area contributed by atoms with Crippen molar-refractivity contribution >= 4 is 21.7 Å². The number of carboxylic acid groups (broad SMARTS) is 1. The number of rotatable bonds is 6. The van der Waals surface area contributed by atoms with Crippen LogP contribution >= 0.6 is 0 Å². The third-order valence-corrected chi connectivity index (χ3v) is 6.48. The summed E-state index contributed by atoms with van der Waals surface area (Å²) in [5, 5.41) is 11.0. The molecule has 6 nitrogen and oxygen atoms in total. The van der Waals surface area contributed by atoms with Gasteiger partial charge >= 0.3 is 5.97 Å². The Morgan fingerprint density at radius 3 is 2.26 bits per heavy atom. The van der Waals surface area contributed by atoms with E-state index in [0.29, 0.717) is 12.8 Å². The van der Waals surface area contributed by atoms with E-state index >= 15 is 0 Å². The monoisotopic (exact) mass is 339 g/mol. The molecule has 1 aliphatic carbocycles. The van der Waals surface area contributed by atoms with Gasteiger partial charge in [-0.2, -0.15) is 0 Å². The molecule has 0 aromatic heterocycles. The molecule has 0 radical (unpaired) electrons. The molecule has 1 saturated carbocycles. The number of sulfone groups is 1. The standard InChI is InChI=1S/C16H21NO5S/c1-2-14(16(19)20)17-15(18)11-7-9-13(10-8-11)23(21,22)12-5-3-4-6-12/h7-10,12,14H,2-6H2,1H3,(H,17,18)(H,19,20)/t14-/m0/s1. The second kappa shape index (κ2) is 7.12. The number of carbonyl (C=O) groups excluding carboxylic acids is 1. The summed E-state index contributed by atoms with van der Waals surface area (Å²) >= 11 is 0. The first-order valence-corrected chi connectivity index (χ1v) is 9.28. The number of carbonyl (C=O) groups is 2. The van der Waals surface area contributed by atoms with Crippen molar-refractivity contribution in [2.75, 3.05) is 0 Å². The lowest BCUT2D eigenvalue weighted by Gasteiger charge is -2.13. The van der Waals surface area contributed by atoms with Crippen molar-refractivity contribution in [1.82, 2.24) is 5.32 Å². The first-order chi connectivity index (χ1) is 10.9. The van der Waals surface area contributed by atoms with Gasteiger partial charge in [0.05, 0.1) is 10.1 Å². The highest BCUT2D eigenvalue weighted by Gasteiger charge is 2.30. The Balaban J connectivity index is 2.13. The SMILES string of the molecule is CC[C@H](NC(=O)c1ccc(S(=O)(=O)C2CCCC2)cc1)C(=O)O. The zero-order chi connectivity index (χ0) is 17.0. The molecule has 1 amide bonds. The molecule has 0 aliphatic heterocycles. The van der Waals surface area contributed by atoms with Gasteiger partial charge < -0.3 is 10.4 Å². The number of hydrogen-bond acceptors (Lipinski definition) is 4.